The summed E-state index contributed by atoms with van der Waals surface area (Å²) in [4.78, 5) is 9.31. The van der Waals surface area contributed by atoms with Crippen LogP contribution < -0.4 is 4.90 Å². The van der Waals surface area contributed by atoms with Crippen molar-refractivity contribution in [2.24, 2.45) is 5.92 Å². The first-order valence-corrected chi connectivity index (χ1v) is 13.0. The van der Waals surface area contributed by atoms with Crippen molar-refractivity contribution in [1.82, 2.24) is 9.88 Å². The average Bonchev–Trinajstić information content (AvgIpc) is 2.82. The summed E-state index contributed by atoms with van der Waals surface area (Å²) < 4.78 is 21.6. The van der Waals surface area contributed by atoms with Crippen molar-refractivity contribution in [2.75, 3.05) is 32.1 Å². The van der Waals surface area contributed by atoms with Gasteiger partial charge < -0.3 is 19.5 Å². The smallest absolute Gasteiger partial charge is 0.163 e. The van der Waals surface area contributed by atoms with E-state index in [0.29, 0.717) is 12.0 Å². The molecule has 2 heterocycles. The number of aromatic hydroxyl groups is 1. The molecule has 2 N–H and O–H groups in total. The van der Waals surface area contributed by atoms with Crippen LogP contribution in [0.4, 0.5) is 5.69 Å². The fraction of sp³-hybridized carbons (Fsp3) is 0.444. The highest BCUT2D eigenvalue weighted by Gasteiger charge is 2.35. The van der Waals surface area contributed by atoms with Crippen LogP contribution in [-0.4, -0.2) is 57.0 Å². The number of anilines is 1. The zero-order chi connectivity index (χ0) is 24.6. The molecule has 6 nitrogen and oxygen atoms in total. The van der Waals surface area contributed by atoms with Crippen LogP contribution in [0, 0.1) is 5.92 Å². The number of pyridine rings is 1. The summed E-state index contributed by atoms with van der Waals surface area (Å²) in [6.45, 7) is 7.63. The molecule has 182 valence electrons. The number of piperidine rings is 1. The summed E-state index contributed by atoms with van der Waals surface area (Å²) in [5, 5.41) is 11.4. The van der Waals surface area contributed by atoms with Gasteiger partial charge in [0.05, 0.1) is 16.0 Å². The maximum Gasteiger partial charge on any atom is 0.163 e. The SMILES string of the molecule is CC(C1CCN(c2c(C(C)(C)S(=O)O)cnc3ccc(-c4ccccc4O)cc23)CC1)N(C)C. The minimum atomic E-state index is -2.06. The van der Waals surface area contributed by atoms with Crippen molar-refractivity contribution in [2.45, 2.75) is 44.4 Å². The lowest BCUT2D eigenvalue weighted by Gasteiger charge is -2.40. The Morgan fingerprint density at radius 1 is 1.15 bits per heavy atom. The van der Waals surface area contributed by atoms with Crippen molar-refractivity contribution in [1.29, 1.82) is 0 Å². The van der Waals surface area contributed by atoms with Gasteiger partial charge >= 0.3 is 0 Å². The molecule has 1 aliphatic heterocycles. The fourth-order valence-electron chi connectivity index (χ4n) is 4.97. The summed E-state index contributed by atoms with van der Waals surface area (Å²) in [7, 11) is 4.26. The molecule has 2 aromatic carbocycles. The molecule has 2 atom stereocenters. The molecule has 1 fully saturated rings. The Balaban J connectivity index is 1.85. The molecule has 0 spiro atoms. The molecule has 0 bridgehead atoms. The molecule has 0 aliphatic carbocycles. The largest absolute Gasteiger partial charge is 0.507 e. The number of phenolic OH excluding ortho intramolecular Hbond substituents is 1. The highest BCUT2D eigenvalue weighted by atomic mass is 32.2. The quantitative estimate of drug-likeness (QED) is 0.470. The third kappa shape index (κ3) is 4.57. The number of hydrogen-bond acceptors (Lipinski definition) is 5. The van der Waals surface area contributed by atoms with Crippen LogP contribution >= 0.6 is 0 Å². The Morgan fingerprint density at radius 2 is 1.82 bits per heavy atom. The summed E-state index contributed by atoms with van der Waals surface area (Å²) in [5.74, 6) is 0.836. The van der Waals surface area contributed by atoms with Crippen molar-refractivity contribution >= 4 is 27.7 Å². The third-order valence-corrected chi connectivity index (χ3v) is 8.59. The maximum absolute atomic E-state index is 12.4. The van der Waals surface area contributed by atoms with Crippen molar-refractivity contribution < 1.29 is 13.9 Å². The van der Waals surface area contributed by atoms with Gasteiger partial charge in [-0.2, -0.15) is 0 Å². The molecule has 1 aromatic heterocycles. The van der Waals surface area contributed by atoms with E-state index in [9.17, 15) is 13.9 Å². The lowest BCUT2D eigenvalue weighted by Crippen LogP contribution is -2.42. The van der Waals surface area contributed by atoms with Gasteiger partial charge in [-0.15, -0.1) is 0 Å². The van der Waals surface area contributed by atoms with E-state index in [2.05, 4.69) is 41.9 Å². The van der Waals surface area contributed by atoms with E-state index in [4.69, 9.17) is 0 Å². The van der Waals surface area contributed by atoms with Crippen LogP contribution in [0.2, 0.25) is 0 Å². The molecule has 4 rings (SSSR count). The first-order chi connectivity index (χ1) is 16.1. The number of phenols is 1. The topological polar surface area (TPSA) is 76.9 Å². The van der Waals surface area contributed by atoms with Crippen LogP contribution in [0.5, 0.6) is 5.75 Å². The van der Waals surface area contributed by atoms with Crippen LogP contribution in [-0.2, 0) is 15.8 Å². The molecule has 2 unspecified atom stereocenters. The Labute approximate surface area is 204 Å². The summed E-state index contributed by atoms with van der Waals surface area (Å²) >= 11 is -2.06. The van der Waals surface area contributed by atoms with E-state index in [1.165, 1.54) is 0 Å². The lowest BCUT2D eigenvalue weighted by atomic mass is 9.88. The molecule has 1 saturated heterocycles. The molecule has 1 aliphatic rings. The second kappa shape index (κ2) is 9.64. The zero-order valence-corrected chi connectivity index (χ0v) is 21.5. The maximum atomic E-state index is 12.4. The molecule has 0 amide bonds. The second-order valence-electron chi connectivity index (χ2n) is 10.1. The predicted molar refractivity (Wildman–Crippen MR) is 141 cm³/mol. The van der Waals surface area contributed by atoms with Gasteiger partial charge in [-0.05, 0) is 77.4 Å². The van der Waals surface area contributed by atoms with Gasteiger partial charge in [0.25, 0.3) is 0 Å². The first kappa shape index (κ1) is 24.6. The number of hydrogen-bond donors (Lipinski definition) is 2. The third-order valence-electron chi connectivity index (χ3n) is 7.49. The number of benzene rings is 2. The normalized spacial score (nSPS) is 17.3. The van der Waals surface area contributed by atoms with Gasteiger partial charge in [0, 0.05) is 41.8 Å². The van der Waals surface area contributed by atoms with E-state index >= 15 is 0 Å². The fourth-order valence-corrected chi connectivity index (χ4v) is 5.30. The Morgan fingerprint density at radius 3 is 2.44 bits per heavy atom. The molecule has 0 radical (unpaired) electrons. The number of rotatable bonds is 6. The molecule has 3 aromatic rings. The molecular weight excluding hydrogens is 446 g/mol. The number of para-hydroxylation sites is 1. The van der Waals surface area contributed by atoms with Crippen molar-refractivity contribution in [3.8, 4) is 16.9 Å². The molecule has 34 heavy (non-hydrogen) atoms. The van der Waals surface area contributed by atoms with Gasteiger partial charge in [-0.25, -0.2) is 4.21 Å². The van der Waals surface area contributed by atoms with Gasteiger partial charge in [-0.3, -0.25) is 4.98 Å². The standard InChI is InChI=1S/C27H35N3O3S/c1-18(29(4)5)19-12-14-30(15-13-19)26-22-16-20(21-8-6-7-9-25(21)31)10-11-24(22)28-17-23(26)27(2,3)34(32)33/h6-11,16-19,31H,12-15H2,1-5H3,(H,32,33). The van der Waals surface area contributed by atoms with Crippen molar-refractivity contribution in [3.05, 3.63) is 54.2 Å². The van der Waals surface area contributed by atoms with Crippen LogP contribution in [0.15, 0.2) is 48.7 Å². The van der Waals surface area contributed by atoms with Gasteiger partial charge in [-0.1, -0.05) is 24.3 Å². The average molecular weight is 482 g/mol. The van der Waals surface area contributed by atoms with Crippen LogP contribution in [0.25, 0.3) is 22.0 Å². The van der Waals surface area contributed by atoms with E-state index in [1.807, 2.05) is 30.3 Å². The Bertz CT molecular complexity index is 1200. The summed E-state index contributed by atoms with van der Waals surface area (Å²) in [6.07, 6.45) is 3.88. The Kier molecular flexibility index (Phi) is 6.99. The Hall–Kier alpha value is -2.48. The highest BCUT2D eigenvalue weighted by molar-refractivity contribution is 7.80. The number of aromatic nitrogens is 1. The van der Waals surface area contributed by atoms with E-state index in [-0.39, 0.29) is 5.75 Å². The summed E-state index contributed by atoms with van der Waals surface area (Å²) in [5.41, 5.74) is 4.23. The second-order valence-corrected chi connectivity index (χ2v) is 11.6. The van der Waals surface area contributed by atoms with Crippen LogP contribution in [0.1, 0.15) is 39.2 Å². The summed E-state index contributed by atoms with van der Waals surface area (Å²) in [6, 6.07) is 13.8. The molecule has 7 heteroatoms. The van der Waals surface area contributed by atoms with E-state index in [0.717, 1.165) is 59.2 Å². The minimum absolute atomic E-state index is 0.225. The predicted octanol–water partition coefficient (Wildman–Crippen LogP) is 5.23. The highest BCUT2D eigenvalue weighted by Crippen LogP contribution is 2.42. The van der Waals surface area contributed by atoms with Gasteiger partial charge in [0.1, 0.15) is 5.75 Å². The monoisotopic (exact) mass is 481 g/mol. The molecule has 0 saturated carbocycles. The number of fused-ring (bicyclic) bond motifs is 1. The van der Waals surface area contributed by atoms with Gasteiger partial charge in [0.15, 0.2) is 11.1 Å². The van der Waals surface area contributed by atoms with E-state index in [1.54, 1.807) is 26.1 Å². The van der Waals surface area contributed by atoms with Crippen LogP contribution in [0.3, 0.4) is 0 Å². The lowest BCUT2D eigenvalue weighted by molar-refractivity contribution is 0.199. The number of nitrogens with zero attached hydrogens (tertiary/aromatic N) is 3. The first-order valence-electron chi connectivity index (χ1n) is 11.8. The molecular formula is C27H35N3O3S. The zero-order valence-electron chi connectivity index (χ0n) is 20.7. The van der Waals surface area contributed by atoms with E-state index < -0.39 is 15.8 Å². The van der Waals surface area contributed by atoms with Gasteiger partial charge in [0.2, 0.25) is 0 Å². The minimum Gasteiger partial charge on any atom is -0.507 e. The van der Waals surface area contributed by atoms with Crippen molar-refractivity contribution in [3.63, 3.8) is 0 Å².